The molecule has 0 unspecified atom stereocenters. The maximum absolute atomic E-state index is 12.8. The van der Waals surface area contributed by atoms with Crippen molar-refractivity contribution in [3.05, 3.63) is 36.2 Å². The Kier molecular flexibility index (Phi) is 7.13. The number of rotatable bonds is 8. The quantitative estimate of drug-likeness (QED) is 0.633. The summed E-state index contributed by atoms with van der Waals surface area (Å²) in [6.45, 7) is 11.2. The van der Waals surface area contributed by atoms with Gasteiger partial charge in [0, 0.05) is 17.8 Å². The minimum atomic E-state index is 0.138. The maximum Gasteiger partial charge on any atom is 0.233 e. The van der Waals surface area contributed by atoms with Gasteiger partial charge in [0.05, 0.1) is 12.3 Å². The summed E-state index contributed by atoms with van der Waals surface area (Å²) in [6.07, 6.45) is 2.49. The first-order valence-electron chi connectivity index (χ1n) is 10.1. The van der Waals surface area contributed by atoms with Crippen molar-refractivity contribution < 1.29 is 4.79 Å². The highest BCUT2D eigenvalue weighted by molar-refractivity contribution is 7.99. The predicted octanol–water partition coefficient (Wildman–Crippen LogP) is 3.60. The molecule has 1 aliphatic rings. The number of amides is 1. The molecule has 0 aliphatic carbocycles. The molecule has 3 rings (SSSR count). The number of carbonyl (C=O) groups is 1. The molecular formula is C21H31N5OS. The normalized spacial score (nSPS) is 14.9. The number of aromatic nitrogens is 3. The topological polar surface area (TPSA) is 54.3 Å². The van der Waals surface area contributed by atoms with E-state index in [1.54, 1.807) is 0 Å². The van der Waals surface area contributed by atoms with Crippen LogP contribution in [-0.2, 0) is 11.3 Å². The van der Waals surface area contributed by atoms with Crippen LogP contribution in [0.3, 0.4) is 0 Å². The number of benzene rings is 1. The monoisotopic (exact) mass is 401 g/mol. The minimum absolute atomic E-state index is 0.138. The van der Waals surface area contributed by atoms with Gasteiger partial charge >= 0.3 is 0 Å². The fourth-order valence-electron chi connectivity index (χ4n) is 3.85. The van der Waals surface area contributed by atoms with Gasteiger partial charge in [0.1, 0.15) is 0 Å². The molecule has 6 nitrogen and oxygen atoms in total. The Morgan fingerprint density at radius 1 is 1.07 bits per heavy atom. The Morgan fingerprint density at radius 2 is 1.71 bits per heavy atom. The summed E-state index contributed by atoms with van der Waals surface area (Å²) in [4.78, 5) is 17.1. The van der Waals surface area contributed by atoms with Crippen LogP contribution in [0.4, 0.5) is 0 Å². The van der Waals surface area contributed by atoms with Crippen molar-refractivity contribution in [2.24, 2.45) is 0 Å². The van der Waals surface area contributed by atoms with Gasteiger partial charge in [-0.2, -0.15) is 0 Å². The van der Waals surface area contributed by atoms with E-state index in [4.69, 9.17) is 0 Å². The van der Waals surface area contributed by atoms with Gasteiger partial charge < -0.3 is 4.90 Å². The summed E-state index contributed by atoms with van der Waals surface area (Å²) in [7, 11) is 0. The van der Waals surface area contributed by atoms with Gasteiger partial charge in [0.25, 0.3) is 0 Å². The third-order valence-corrected chi connectivity index (χ3v) is 5.92. The number of para-hydroxylation sites is 1. The van der Waals surface area contributed by atoms with Crippen LogP contribution in [0, 0.1) is 0 Å². The lowest BCUT2D eigenvalue weighted by Crippen LogP contribution is -2.43. The second kappa shape index (κ2) is 9.56. The summed E-state index contributed by atoms with van der Waals surface area (Å²) in [5, 5.41) is 9.69. The van der Waals surface area contributed by atoms with Crippen molar-refractivity contribution in [1.29, 1.82) is 0 Å². The molecule has 1 aromatic carbocycles. The zero-order valence-electron chi connectivity index (χ0n) is 17.3. The first-order valence-corrected chi connectivity index (χ1v) is 11.1. The Morgan fingerprint density at radius 3 is 2.32 bits per heavy atom. The van der Waals surface area contributed by atoms with Gasteiger partial charge in [-0.25, -0.2) is 0 Å². The Labute approximate surface area is 172 Å². The molecule has 0 radical (unpaired) electrons. The highest BCUT2D eigenvalue weighted by atomic mass is 32.2. The first-order chi connectivity index (χ1) is 13.5. The van der Waals surface area contributed by atoms with Gasteiger partial charge in [-0.05, 0) is 65.8 Å². The maximum atomic E-state index is 12.8. The molecule has 2 aromatic rings. The molecule has 1 amide bonds. The van der Waals surface area contributed by atoms with E-state index in [-0.39, 0.29) is 18.0 Å². The third-order valence-electron chi connectivity index (χ3n) is 5.00. The zero-order chi connectivity index (χ0) is 20.1. The highest BCUT2D eigenvalue weighted by Crippen LogP contribution is 2.24. The van der Waals surface area contributed by atoms with Gasteiger partial charge in [-0.15, -0.1) is 10.2 Å². The van der Waals surface area contributed by atoms with Crippen molar-refractivity contribution >= 4 is 17.7 Å². The largest absolute Gasteiger partial charge is 0.337 e. The van der Waals surface area contributed by atoms with Crippen LogP contribution in [0.25, 0.3) is 5.69 Å². The fourth-order valence-corrected chi connectivity index (χ4v) is 4.69. The average Bonchev–Trinajstić information content (AvgIpc) is 3.30. The zero-order valence-corrected chi connectivity index (χ0v) is 18.2. The van der Waals surface area contributed by atoms with Crippen molar-refractivity contribution in [2.45, 2.75) is 64.3 Å². The number of hydrogen-bond acceptors (Lipinski definition) is 5. The van der Waals surface area contributed by atoms with Crippen LogP contribution in [0.15, 0.2) is 35.5 Å². The third kappa shape index (κ3) is 4.94. The average molecular weight is 402 g/mol. The van der Waals surface area contributed by atoms with Gasteiger partial charge in [-0.1, -0.05) is 30.0 Å². The van der Waals surface area contributed by atoms with E-state index in [1.807, 2.05) is 23.1 Å². The molecule has 0 bridgehead atoms. The minimum Gasteiger partial charge on any atom is -0.337 e. The van der Waals surface area contributed by atoms with Crippen LogP contribution < -0.4 is 0 Å². The molecule has 1 saturated heterocycles. The van der Waals surface area contributed by atoms with Gasteiger partial charge in [0.2, 0.25) is 5.91 Å². The molecule has 0 saturated carbocycles. The van der Waals surface area contributed by atoms with Crippen molar-refractivity contribution in [2.75, 3.05) is 18.8 Å². The summed E-state index contributed by atoms with van der Waals surface area (Å²) in [5.41, 5.74) is 1.04. The number of likely N-dealkylation sites (tertiary alicyclic amines) is 1. The smallest absolute Gasteiger partial charge is 0.233 e. The van der Waals surface area contributed by atoms with Crippen molar-refractivity contribution in [3.8, 4) is 5.69 Å². The Balaban J connectivity index is 1.80. The molecule has 152 valence electrons. The lowest BCUT2D eigenvalue weighted by atomic mass is 10.2. The summed E-state index contributed by atoms with van der Waals surface area (Å²) >= 11 is 1.47. The highest BCUT2D eigenvalue weighted by Gasteiger charge is 2.23. The van der Waals surface area contributed by atoms with Crippen LogP contribution in [-0.4, -0.2) is 61.4 Å². The molecule has 7 heteroatoms. The Bertz CT molecular complexity index is 760. The second-order valence-corrected chi connectivity index (χ2v) is 8.77. The predicted molar refractivity (Wildman–Crippen MR) is 114 cm³/mol. The summed E-state index contributed by atoms with van der Waals surface area (Å²) in [5.74, 6) is 1.44. The molecule has 1 aliphatic heterocycles. The molecular weight excluding hydrogens is 370 g/mol. The van der Waals surface area contributed by atoms with Crippen LogP contribution >= 0.6 is 11.8 Å². The molecule has 0 spiro atoms. The van der Waals surface area contributed by atoms with Crippen LogP contribution in [0.1, 0.15) is 46.4 Å². The van der Waals surface area contributed by atoms with Gasteiger partial charge in [-0.3, -0.25) is 14.3 Å². The standard InChI is InChI=1S/C21H31N5OS/c1-16(2)25(17(3)4)20(27)15-28-21-23-22-19(14-24-12-8-9-13-24)26(21)18-10-6-5-7-11-18/h5-7,10-11,16-17H,8-9,12-15H2,1-4H3. The lowest BCUT2D eigenvalue weighted by molar-refractivity contribution is -0.131. The Hall–Kier alpha value is -1.86. The van der Waals surface area contributed by atoms with E-state index < -0.39 is 0 Å². The summed E-state index contributed by atoms with van der Waals surface area (Å²) < 4.78 is 2.10. The van der Waals surface area contributed by atoms with E-state index >= 15 is 0 Å². The van der Waals surface area contributed by atoms with E-state index in [9.17, 15) is 4.79 Å². The fraction of sp³-hybridized carbons (Fsp3) is 0.571. The van der Waals surface area contributed by atoms with Crippen molar-refractivity contribution in [1.82, 2.24) is 24.6 Å². The molecule has 2 heterocycles. The number of nitrogens with zero attached hydrogens (tertiary/aromatic N) is 5. The van der Waals surface area contributed by atoms with E-state index in [0.29, 0.717) is 5.75 Å². The van der Waals surface area contributed by atoms with Gasteiger partial charge in [0.15, 0.2) is 11.0 Å². The molecule has 0 atom stereocenters. The van der Waals surface area contributed by atoms with Crippen LogP contribution in [0.2, 0.25) is 0 Å². The van der Waals surface area contributed by atoms with E-state index in [1.165, 1.54) is 24.6 Å². The first kappa shape index (κ1) is 20.9. The molecule has 0 N–H and O–H groups in total. The lowest BCUT2D eigenvalue weighted by Gasteiger charge is -2.30. The summed E-state index contributed by atoms with van der Waals surface area (Å²) in [6, 6.07) is 10.6. The number of hydrogen-bond donors (Lipinski definition) is 0. The van der Waals surface area contributed by atoms with Crippen LogP contribution in [0.5, 0.6) is 0 Å². The molecule has 1 aromatic heterocycles. The van der Waals surface area contributed by atoms with E-state index in [0.717, 1.165) is 36.3 Å². The van der Waals surface area contributed by atoms with E-state index in [2.05, 4.69) is 59.5 Å². The van der Waals surface area contributed by atoms with Crippen molar-refractivity contribution in [3.63, 3.8) is 0 Å². The second-order valence-electron chi connectivity index (χ2n) is 7.83. The SMILES string of the molecule is CC(C)N(C(=O)CSc1nnc(CN2CCCC2)n1-c1ccccc1)C(C)C. The molecule has 28 heavy (non-hydrogen) atoms. The molecule has 1 fully saturated rings. The number of carbonyl (C=O) groups excluding carboxylic acids is 1. The number of thioether (sulfide) groups is 1.